The zero-order valence-electron chi connectivity index (χ0n) is 19.8. The number of hydrogen-bond acceptors (Lipinski definition) is 6. The number of hydrogen-bond donors (Lipinski definition) is 1. The molecule has 1 fully saturated rings. The van der Waals surface area contributed by atoms with E-state index in [9.17, 15) is 14.0 Å². The molecular formula is C26H27ClFN3O4. The van der Waals surface area contributed by atoms with Crippen LogP contribution in [0.3, 0.4) is 0 Å². The zero-order chi connectivity index (χ0) is 25.4. The van der Waals surface area contributed by atoms with E-state index in [0.29, 0.717) is 23.4 Å². The number of primary amides is 1. The van der Waals surface area contributed by atoms with E-state index in [1.165, 1.54) is 12.1 Å². The van der Waals surface area contributed by atoms with Gasteiger partial charge in [-0.3, -0.25) is 9.69 Å². The molecule has 1 aromatic heterocycles. The fourth-order valence-corrected chi connectivity index (χ4v) is 5.14. The van der Waals surface area contributed by atoms with Crippen LogP contribution in [0.5, 0.6) is 0 Å². The molecule has 2 aromatic carbocycles. The van der Waals surface area contributed by atoms with E-state index in [0.717, 1.165) is 5.56 Å². The summed E-state index contributed by atoms with van der Waals surface area (Å²) in [4.78, 5) is 28.1. The van der Waals surface area contributed by atoms with Crippen LogP contribution >= 0.6 is 11.6 Å². The fourth-order valence-electron chi connectivity index (χ4n) is 4.92. The summed E-state index contributed by atoms with van der Waals surface area (Å²) in [7, 11) is 3.81. The Labute approximate surface area is 208 Å². The van der Waals surface area contributed by atoms with Crippen LogP contribution in [0.15, 0.2) is 53.1 Å². The molecule has 1 amide bonds. The van der Waals surface area contributed by atoms with E-state index < -0.39 is 23.0 Å². The molecule has 1 saturated carbocycles. The van der Waals surface area contributed by atoms with Crippen LogP contribution in [0.2, 0.25) is 5.02 Å². The van der Waals surface area contributed by atoms with Gasteiger partial charge in [0.15, 0.2) is 5.60 Å². The molecule has 7 nitrogen and oxygen atoms in total. The maximum absolute atomic E-state index is 14.0. The molecule has 0 bridgehead atoms. The van der Waals surface area contributed by atoms with Crippen LogP contribution in [0.25, 0.3) is 11.3 Å². The number of aromatic nitrogens is 1. The third kappa shape index (κ3) is 4.44. The molecular weight excluding hydrogens is 473 g/mol. The molecule has 9 heteroatoms. The van der Waals surface area contributed by atoms with Gasteiger partial charge in [-0.25, -0.2) is 9.18 Å². The van der Waals surface area contributed by atoms with E-state index in [1.54, 1.807) is 37.3 Å². The van der Waals surface area contributed by atoms with Gasteiger partial charge in [0.2, 0.25) is 0 Å². The van der Waals surface area contributed by atoms with Crippen molar-refractivity contribution in [1.82, 2.24) is 10.1 Å². The second-order valence-electron chi connectivity index (χ2n) is 9.13. The van der Waals surface area contributed by atoms with Crippen LogP contribution in [-0.2, 0) is 15.1 Å². The van der Waals surface area contributed by atoms with E-state index in [1.807, 2.05) is 25.1 Å². The van der Waals surface area contributed by atoms with Crippen molar-refractivity contribution in [2.24, 2.45) is 5.73 Å². The van der Waals surface area contributed by atoms with E-state index in [-0.39, 0.29) is 35.7 Å². The van der Waals surface area contributed by atoms with Crippen molar-refractivity contribution < 1.29 is 23.2 Å². The maximum Gasteiger partial charge on any atom is 0.345 e. The lowest BCUT2D eigenvalue weighted by atomic mass is 9.69. The van der Waals surface area contributed by atoms with Crippen molar-refractivity contribution in [3.63, 3.8) is 0 Å². The second kappa shape index (κ2) is 9.43. The number of amides is 1. The molecule has 4 rings (SSSR count). The Morgan fingerprint density at radius 3 is 2.40 bits per heavy atom. The van der Waals surface area contributed by atoms with Gasteiger partial charge < -0.3 is 15.0 Å². The fraction of sp³-hybridized carbons (Fsp3) is 0.346. The minimum absolute atomic E-state index is 0.0910. The van der Waals surface area contributed by atoms with Gasteiger partial charge in [-0.1, -0.05) is 47.1 Å². The summed E-state index contributed by atoms with van der Waals surface area (Å²) in [5, 5.41) is 4.40. The van der Waals surface area contributed by atoms with Gasteiger partial charge in [0.25, 0.3) is 5.91 Å². The molecule has 1 aliphatic carbocycles. The summed E-state index contributed by atoms with van der Waals surface area (Å²) < 4.78 is 25.1. The highest BCUT2D eigenvalue weighted by Crippen LogP contribution is 2.46. The van der Waals surface area contributed by atoms with Crippen LogP contribution in [-0.4, -0.2) is 41.6 Å². The van der Waals surface area contributed by atoms with Crippen LogP contribution in [0.1, 0.15) is 47.4 Å². The summed E-state index contributed by atoms with van der Waals surface area (Å²) in [5.41, 5.74) is 5.36. The van der Waals surface area contributed by atoms with Gasteiger partial charge in [0.05, 0.1) is 5.02 Å². The monoisotopic (exact) mass is 499 g/mol. The number of nitrogens with two attached hydrogens (primary N) is 1. The van der Waals surface area contributed by atoms with Crippen molar-refractivity contribution in [2.75, 3.05) is 14.1 Å². The molecule has 1 heterocycles. The number of carbonyl (C=O) groups excluding carboxylic acids is 2. The number of nitrogens with zero attached hydrogens (tertiary/aromatic N) is 2. The van der Waals surface area contributed by atoms with Crippen LogP contribution < -0.4 is 5.73 Å². The molecule has 3 aromatic rings. The Bertz CT molecular complexity index is 1260. The minimum Gasteiger partial charge on any atom is -0.445 e. The first-order chi connectivity index (χ1) is 16.6. The number of rotatable bonds is 6. The van der Waals surface area contributed by atoms with E-state index >= 15 is 0 Å². The first kappa shape index (κ1) is 24.9. The lowest BCUT2D eigenvalue weighted by Crippen LogP contribution is -2.55. The number of aryl methyl sites for hydroxylation is 1. The number of benzene rings is 2. The molecule has 1 aliphatic rings. The normalized spacial score (nSPS) is 22.2. The van der Waals surface area contributed by atoms with Crippen molar-refractivity contribution in [2.45, 2.75) is 43.7 Å². The Balaban J connectivity index is 1.64. The Kier molecular flexibility index (Phi) is 6.71. The molecule has 0 radical (unpaired) electrons. The molecule has 2 N–H and O–H groups in total. The van der Waals surface area contributed by atoms with Crippen LogP contribution in [0.4, 0.5) is 4.39 Å². The number of esters is 1. The largest absolute Gasteiger partial charge is 0.445 e. The lowest BCUT2D eigenvalue weighted by Gasteiger charge is -2.48. The number of ether oxygens (including phenoxy) is 1. The Morgan fingerprint density at radius 2 is 1.80 bits per heavy atom. The van der Waals surface area contributed by atoms with Gasteiger partial charge in [-0.2, -0.15) is 0 Å². The van der Waals surface area contributed by atoms with Crippen LogP contribution in [0, 0.1) is 12.7 Å². The average molecular weight is 500 g/mol. The number of halogens is 2. The SMILES string of the molecule is Cc1onc(-c2ccccc2Cl)c1C(=O)OC1(C(N)=O)CCC(c2cccc(F)c2)(N(C)C)CC1. The average Bonchev–Trinajstić information content (AvgIpc) is 3.21. The standard InChI is InChI=1S/C26H27ClFN3O4/c1-16-21(22(30-35-16)19-9-4-5-10-20(19)27)23(32)34-26(24(29)33)13-11-25(12-14-26,31(2)3)17-7-6-8-18(28)15-17/h4-10,15H,11-14H2,1-3H3,(H2,29,33). The lowest BCUT2D eigenvalue weighted by molar-refractivity contribution is -0.144. The summed E-state index contributed by atoms with van der Waals surface area (Å²) >= 11 is 6.31. The molecule has 0 unspecified atom stereocenters. The molecule has 184 valence electrons. The van der Waals surface area contributed by atoms with E-state index in [2.05, 4.69) is 5.16 Å². The highest BCUT2D eigenvalue weighted by atomic mass is 35.5. The third-order valence-electron chi connectivity index (χ3n) is 7.04. The van der Waals surface area contributed by atoms with Gasteiger partial charge in [0, 0.05) is 11.1 Å². The Hall–Kier alpha value is -3.23. The highest BCUT2D eigenvalue weighted by Gasteiger charge is 2.51. The quantitative estimate of drug-likeness (QED) is 0.486. The smallest absolute Gasteiger partial charge is 0.345 e. The molecule has 0 atom stereocenters. The summed E-state index contributed by atoms with van der Waals surface area (Å²) in [6.07, 6.45) is 1.21. The van der Waals surface area contributed by atoms with Crippen molar-refractivity contribution in [3.05, 3.63) is 76.3 Å². The highest BCUT2D eigenvalue weighted by molar-refractivity contribution is 6.33. The second-order valence-corrected chi connectivity index (χ2v) is 9.53. The zero-order valence-corrected chi connectivity index (χ0v) is 20.6. The molecule has 0 saturated heterocycles. The predicted molar refractivity (Wildman–Crippen MR) is 129 cm³/mol. The first-order valence-corrected chi connectivity index (χ1v) is 11.7. The van der Waals surface area contributed by atoms with Gasteiger partial charge in [-0.15, -0.1) is 0 Å². The maximum atomic E-state index is 14.0. The van der Waals surface area contributed by atoms with Gasteiger partial charge >= 0.3 is 5.97 Å². The number of carbonyl (C=O) groups is 2. The Morgan fingerprint density at radius 1 is 1.11 bits per heavy atom. The van der Waals surface area contributed by atoms with Gasteiger partial charge in [-0.05, 0) is 70.5 Å². The summed E-state index contributed by atoms with van der Waals surface area (Å²) in [6, 6.07) is 13.3. The van der Waals surface area contributed by atoms with Crippen molar-refractivity contribution >= 4 is 23.5 Å². The van der Waals surface area contributed by atoms with E-state index in [4.69, 9.17) is 26.6 Å². The van der Waals surface area contributed by atoms with Crippen molar-refractivity contribution in [3.8, 4) is 11.3 Å². The van der Waals surface area contributed by atoms with Crippen molar-refractivity contribution in [1.29, 1.82) is 0 Å². The molecule has 35 heavy (non-hydrogen) atoms. The third-order valence-corrected chi connectivity index (χ3v) is 7.37. The molecule has 0 aliphatic heterocycles. The molecule has 0 spiro atoms. The van der Waals surface area contributed by atoms with Gasteiger partial charge in [0.1, 0.15) is 22.8 Å². The summed E-state index contributed by atoms with van der Waals surface area (Å²) in [6.45, 7) is 1.59. The summed E-state index contributed by atoms with van der Waals surface area (Å²) in [5.74, 6) is -1.59. The topological polar surface area (TPSA) is 98.7 Å². The first-order valence-electron chi connectivity index (χ1n) is 11.3. The predicted octanol–water partition coefficient (Wildman–Crippen LogP) is 4.85. The minimum atomic E-state index is -1.52.